The van der Waals surface area contributed by atoms with Crippen LogP contribution in [0.25, 0.3) is 0 Å². The molecule has 0 aromatic heterocycles. The van der Waals surface area contributed by atoms with Gasteiger partial charge in [-0.25, -0.2) is 0 Å². The van der Waals surface area contributed by atoms with E-state index in [1.54, 1.807) is 90.0 Å². The summed E-state index contributed by atoms with van der Waals surface area (Å²) in [6, 6.07) is 0. The molecule has 0 N–H and O–H groups in total. The Morgan fingerprint density at radius 3 is 0.854 bits per heavy atom. The van der Waals surface area contributed by atoms with Crippen molar-refractivity contribution in [2.24, 2.45) is 195 Å². The molecule has 14 unspecified atom stereocenters. The normalized spacial score (nSPS) is 39.4. The minimum absolute atomic E-state index is 0.0950. The third-order valence-corrected chi connectivity index (χ3v) is 38.9. The zero-order valence-corrected chi connectivity index (χ0v) is 86.6. The van der Waals surface area contributed by atoms with Crippen LogP contribution in [-0.2, 0) is 124 Å². The van der Waals surface area contributed by atoms with E-state index in [9.17, 15) is 57.5 Å². The molecule has 26 heteroatoms. The summed E-state index contributed by atoms with van der Waals surface area (Å²) in [7, 11) is 5.42. The minimum atomic E-state index is -0.591. The largest absolute Gasteiger partial charge is 0.469 e. The molecule has 1 aliphatic heterocycles. The Morgan fingerprint density at radius 2 is 0.555 bits per heavy atom. The van der Waals surface area contributed by atoms with Crippen molar-refractivity contribution in [3.05, 3.63) is 0 Å². The van der Waals surface area contributed by atoms with Crippen LogP contribution in [-0.4, -0.2) is 161 Å². The van der Waals surface area contributed by atoms with Gasteiger partial charge < -0.3 is 66.3 Å². The molecule has 772 valence electrons. The van der Waals surface area contributed by atoms with Gasteiger partial charge in [-0.15, -0.1) is 0 Å². The molecule has 26 nitrogen and oxygen atoms in total. The lowest BCUT2D eigenvalue weighted by atomic mass is 9.50. The summed E-state index contributed by atoms with van der Waals surface area (Å²) in [6.07, 6.45) is 43.2. The maximum absolute atomic E-state index is 12.8. The zero-order valence-electron chi connectivity index (χ0n) is 86.6. The highest BCUT2D eigenvalue weighted by molar-refractivity contribution is 5.85. The molecule has 24 bridgehead atoms. The second-order valence-corrected chi connectivity index (χ2v) is 49.1. The first-order chi connectivity index (χ1) is 64.9. The molecular weight excluding hydrogens is 1750 g/mol. The van der Waals surface area contributed by atoms with E-state index in [1.165, 1.54) is 189 Å². The van der Waals surface area contributed by atoms with E-state index in [0.717, 1.165) is 172 Å². The topological polar surface area (TPSA) is 334 Å². The number of carbonyl (C=O) groups excluding carboxylic acids is 12. The van der Waals surface area contributed by atoms with Crippen LogP contribution in [0.5, 0.6) is 0 Å². The third kappa shape index (κ3) is 25.0. The summed E-state index contributed by atoms with van der Waals surface area (Å²) in [5.74, 6) is 5.55. The summed E-state index contributed by atoms with van der Waals surface area (Å²) in [4.78, 5) is 146. The van der Waals surface area contributed by atoms with Crippen LogP contribution < -0.4 is 0 Å². The number of methoxy groups -OCH3 is 4. The average molecular weight is 1920 g/mol. The summed E-state index contributed by atoms with van der Waals surface area (Å²) in [5.41, 5.74) is -0.832. The van der Waals surface area contributed by atoms with Gasteiger partial charge in [-0.05, 0) is 370 Å². The first-order valence-corrected chi connectivity index (χ1v) is 54.2. The van der Waals surface area contributed by atoms with Crippen molar-refractivity contribution in [3.8, 4) is 0 Å². The second-order valence-electron chi connectivity index (χ2n) is 49.1. The van der Waals surface area contributed by atoms with Gasteiger partial charge in [0.2, 0.25) is 6.29 Å². The molecule has 24 saturated carbocycles. The Morgan fingerprint density at radius 1 is 0.292 bits per heavy atom. The maximum atomic E-state index is 12.8. The molecule has 25 fully saturated rings. The fraction of sp³-hybridized carbons (Fsp3) is 0.892. The Kier molecular flexibility index (Phi) is 34.8. The predicted molar refractivity (Wildman–Crippen MR) is 506 cm³/mol. The average Bonchev–Trinajstić information content (AvgIpc) is 0.728. The molecule has 0 aromatic carbocycles. The van der Waals surface area contributed by atoms with E-state index < -0.39 is 89.6 Å². The Hall–Kier alpha value is -6.44. The number of hydrogen-bond donors (Lipinski definition) is 0. The lowest BCUT2D eigenvalue weighted by Gasteiger charge is -2.59. The van der Waals surface area contributed by atoms with Gasteiger partial charge in [0.25, 0.3) is 0 Å². The number of ether oxygens (including phenoxy) is 14. The molecule has 25 aliphatic rings. The number of rotatable bonds is 29. The van der Waals surface area contributed by atoms with Crippen LogP contribution in [0.4, 0.5) is 0 Å². The van der Waals surface area contributed by atoms with Gasteiger partial charge in [-0.1, -0.05) is 83.1 Å². The highest BCUT2D eigenvalue weighted by Crippen LogP contribution is 2.65. The molecule has 0 aromatic rings. The van der Waals surface area contributed by atoms with E-state index >= 15 is 0 Å². The summed E-state index contributed by atoms with van der Waals surface area (Å²) < 4.78 is 76.0. The quantitative estimate of drug-likeness (QED) is 0.0381. The van der Waals surface area contributed by atoms with Crippen molar-refractivity contribution in [1.82, 2.24) is 0 Å². The van der Waals surface area contributed by atoms with Gasteiger partial charge in [-0.2, -0.15) is 0 Å². The van der Waals surface area contributed by atoms with E-state index in [2.05, 4.69) is 6.92 Å². The number of hydrogen-bond acceptors (Lipinski definition) is 26. The fourth-order valence-electron chi connectivity index (χ4n) is 31.9. The summed E-state index contributed by atoms with van der Waals surface area (Å²) >= 11 is 0. The molecule has 1 saturated heterocycles. The summed E-state index contributed by atoms with van der Waals surface area (Å²) in [5, 5.41) is 0. The molecule has 0 amide bonds. The molecular formula is C111H172O26. The van der Waals surface area contributed by atoms with Gasteiger partial charge in [0.15, 0.2) is 6.29 Å². The van der Waals surface area contributed by atoms with Gasteiger partial charge in [0.1, 0.15) is 28.5 Å². The van der Waals surface area contributed by atoms with Crippen molar-refractivity contribution in [3.63, 3.8) is 0 Å². The Labute approximate surface area is 816 Å². The van der Waals surface area contributed by atoms with Crippen molar-refractivity contribution in [2.75, 3.05) is 48.3 Å². The van der Waals surface area contributed by atoms with Gasteiger partial charge in [-0.3, -0.25) is 57.5 Å². The first kappa shape index (κ1) is 106. The molecule has 137 heavy (non-hydrogen) atoms. The molecule has 0 radical (unpaired) electrons. The van der Waals surface area contributed by atoms with Crippen molar-refractivity contribution in [1.29, 1.82) is 0 Å². The fourth-order valence-corrected chi connectivity index (χ4v) is 31.9. The van der Waals surface area contributed by atoms with Crippen LogP contribution >= 0.6 is 0 Å². The van der Waals surface area contributed by atoms with Crippen LogP contribution in [0.1, 0.15) is 341 Å². The highest BCUT2D eigenvalue weighted by Gasteiger charge is 2.61. The second kappa shape index (κ2) is 44.8. The first-order valence-electron chi connectivity index (χ1n) is 54.2. The van der Waals surface area contributed by atoms with E-state index in [0.29, 0.717) is 43.5 Å². The van der Waals surface area contributed by atoms with Crippen LogP contribution in [0.2, 0.25) is 0 Å². The highest BCUT2D eigenvalue weighted by atomic mass is 16.7. The van der Waals surface area contributed by atoms with Crippen LogP contribution in [0, 0.1) is 195 Å². The van der Waals surface area contributed by atoms with E-state index in [4.69, 9.17) is 66.3 Å². The van der Waals surface area contributed by atoms with Gasteiger partial charge in [0.05, 0.1) is 113 Å². The molecule has 25 rings (SSSR count). The molecule has 0 spiro atoms. The van der Waals surface area contributed by atoms with Crippen molar-refractivity contribution < 1.29 is 124 Å². The van der Waals surface area contributed by atoms with E-state index in [-0.39, 0.29) is 99.6 Å². The smallest absolute Gasteiger partial charge is 0.311 e. The molecule has 1 heterocycles. The van der Waals surface area contributed by atoms with Gasteiger partial charge in [0, 0.05) is 18.4 Å². The predicted octanol–water partition coefficient (Wildman–Crippen LogP) is 19.7. The number of carbonyl (C=O) groups is 12. The third-order valence-electron chi connectivity index (χ3n) is 38.9. The minimum Gasteiger partial charge on any atom is -0.469 e. The monoisotopic (exact) mass is 1920 g/mol. The van der Waals surface area contributed by atoms with Crippen molar-refractivity contribution in [2.45, 2.75) is 383 Å². The molecule has 14 atom stereocenters. The Balaban J connectivity index is 0.000000132. The standard InChI is InChI=1S/C21H32O5.C20H32O5.2C18H28O4.2C17H26O4/c1-13(19(22)25-18-5-3-4-6-24-18)14(2)20(23)26-21-10-15-7-16(11-21)9-17(8-15)12-21;1-5-23-14(4)24-18(21)12(2)13(3)19(22)25-20-9-15-6-16(10-20)8-17(7-15)11-20;1-11(16(19)21-3)12(2)17(20)22-10-18-7-13-4-14(8-18)6-15(5-13)9-18;1-10(16(19)21-4)11(2)17(20)22-18(3)14-6-12-5-13(8-14)9-15(18)7-12;1-10(15(18)20-3)11(2)16(19)21-17-7-12-4-13(8-17)6-14(5-12)9-17;1-9(16(18)20-3)10(2)17(19)21-15-13-5-11-4-12(7-13)8-14(15)6-11/h13-18H,3-12H2,1-2H3;12-17H,5-11H2,1-4H3;11-15H,4-10H2,1-3H3;10-15H,5-9H2,1-4H3;10-14H,4-9H2,1-3H3;9-15H,4-8H2,1-3H3. The van der Waals surface area contributed by atoms with Crippen LogP contribution in [0.3, 0.4) is 0 Å². The molecule has 24 aliphatic carbocycles. The lowest BCUT2D eigenvalue weighted by Crippen LogP contribution is -2.58. The summed E-state index contributed by atoms with van der Waals surface area (Å²) in [6.45, 7) is 28.3. The van der Waals surface area contributed by atoms with Crippen molar-refractivity contribution >= 4 is 71.6 Å². The Bertz CT molecular complexity index is 4010. The van der Waals surface area contributed by atoms with E-state index in [1.807, 2.05) is 6.92 Å². The maximum Gasteiger partial charge on any atom is 0.311 e. The number of esters is 12. The zero-order chi connectivity index (χ0) is 98.8. The van der Waals surface area contributed by atoms with Crippen LogP contribution in [0.15, 0.2) is 0 Å². The van der Waals surface area contributed by atoms with Gasteiger partial charge >= 0.3 is 71.6 Å². The lowest BCUT2D eigenvalue weighted by molar-refractivity contribution is -0.208. The SMILES string of the molecule is CC(C(=O)OC1CCCCO1)C(C)C(=O)OC12CC3CC(CC(C3)C1)C2.CCOC(C)OC(=O)C(C)C(C)C(=O)OC12CC3CC(CC(C3)C1)C2.COC(=O)C(C)C(C)C(=O)OC1(C)C2CC3CC(C2)CC1C3.COC(=O)C(C)C(C)C(=O)OC12CC3CC(CC(C3)C1)C2.COC(=O)C(C)C(C)C(=O)OC1C2CC3CC(C2)CC1C3.COC(=O)C(C)C(C)C(=O)OCC12CC3CC(CC(C3)C1)C2.